The summed E-state index contributed by atoms with van der Waals surface area (Å²) in [6.45, 7) is 3.71. The van der Waals surface area contributed by atoms with Crippen LogP contribution in [0.3, 0.4) is 0 Å². The molecule has 0 unspecified atom stereocenters. The maximum atomic E-state index is 8.74. The summed E-state index contributed by atoms with van der Waals surface area (Å²) in [7, 11) is 0. The molecule has 0 atom stereocenters. The van der Waals surface area contributed by atoms with Gasteiger partial charge in [-0.1, -0.05) is 18.2 Å². The molecule has 1 aromatic heterocycles. The molecule has 1 fully saturated rings. The van der Waals surface area contributed by atoms with Crippen LogP contribution in [-0.4, -0.2) is 36.1 Å². The third-order valence-corrected chi connectivity index (χ3v) is 5.20. The number of fused-ring (bicyclic) bond motifs is 4. The second-order valence-electron chi connectivity index (χ2n) is 6.37. The van der Waals surface area contributed by atoms with E-state index in [1.807, 2.05) is 0 Å². The van der Waals surface area contributed by atoms with Crippen molar-refractivity contribution in [3.8, 4) is 6.07 Å². The summed E-state index contributed by atoms with van der Waals surface area (Å²) in [6.07, 6.45) is 3.64. The minimum Gasteiger partial charge on any atom is -0.368 e. The van der Waals surface area contributed by atoms with E-state index in [4.69, 9.17) is 10.00 Å². The van der Waals surface area contributed by atoms with Crippen LogP contribution in [0, 0.1) is 11.3 Å². The van der Waals surface area contributed by atoms with E-state index in [1.165, 1.54) is 22.2 Å². The van der Waals surface area contributed by atoms with Crippen molar-refractivity contribution < 1.29 is 4.74 Å². The summed E-state index contributed by atoms with van der Waals surface area (Å²) in [4.78, 5) is 6.02. The van der Waals surface area contributed by atoms with Gasteiger partial charge in [-0.15, -0.1) is 0 Å². The van der Waals surface area contributed by atoms with Gasteiger partial charge in [0.05, 0.1) is 18.4 Å². The highest BCUT2D eigenvalue weighted by Gasteiger charge is 2.42. The molecule has 4 heteroatoms. The molecule has 2 aliphatic rings. The number of nitriles is 1. The van der Waals surface area contributed by atoms with E-state index in [9.17, 15) is 0 Å². The predicted molar refractivity (Wildman–Crippen MR) is 85.5 cm³/mol. The molecule has 1 spiro atoms. The van der Waals surface area contributed by atoms with E-state index in [0.29, 0.717) is 6.42 Å². The van der Waals surface area contributed by atoms with Crippen molar-refractivity contribution in [2.24, 2.45) is 0 Å². The molecular weight excluding hydrogens is 274 g/mol. The Hall–Kier alpha value is -1.83. The summed E-state index contributed by atoms with van der Waals surface area (Å²) in [5, 5.41) is 10.1. The van der Waals surface area contributed by atoms with Crippen LogP contribution in [0.4, 0.5) is 0 Å². The Kier molecular flexibility index (Phi) is 3.40. The van der Waals surface area contributed by atoms with Gasteiger partial charge in [0, 0.05) is 37.0 Å². The molecule has 4 rings (SSSR count). The maximum absolute atomic E-state index is 8.74. The molecule has 22 heavy (non-hydrogen) atoms. The average molecular weight is 295 g/mol. The van der Waals surface area contributed by atoms with E-state index in [1.54, 1.807) is 0 Å². The van der Waals surface area contributed by atoms with Crippen LogP contribution in [0.1, 0.15) is 30.5 Å². The lowest BCUT2D eigenvalue weighted by atomic mass is 9.83. The highest BCUT2D eigenvalue weighted by atomic mass is 16.5. The third-order valence-electron chi connectivity index (χ3n) is 5.20. The molecule has 1 saturated heterocycles. The molecule has 114 valence electrons. The van der Waals surface area contributed by atoms with Crippen LogP contribution in [0.2, 0.25) is 0 Å². The number of nitrogens with zero attached hydrogens (tertiary/aromatic N) is 2. The van der Waals surface area contributed by atoms with Gasteiger partial charge in [-0.2, -0.15) is 5.26 Å². The quantitative estimate of drug-likeness (QED) is 0.926. The second-order valence-corrected chi connectivity index (χ2v) is 6.37. The zero-order valence-electron chi connectivity index (χ0n) is 12.8. The summed E-state index contributed by atoms with van der Waals surface area (Å²) in [5.41, 5.74) is 3.84. The Morgan fingerprint density at radius 1 is 1.27 bits per heavy atom. The second kappa shape index (κ2) is 5.42. The van der Waals surface area contributed by atoms with Crippen molar-refractivity contribution in [3.63, 3.8) is 0 Å². The monoisotopic (exact) mass is 295 g/mol. The highest BCUT2D eigenvalue weighted by Crippen LogP contribution is 2.43. The van der Waals surface area contributed by atoms with Crippen molar-refractivity contribution in [1.82, 2.24) is 9.88 Å². The van der Waals surface area contributed by atoms with E-state index in [2.05, 4.69) is 40.2 Å². The molecule has 0 bridgehead atoms. The van der Waals surface area contributed by atoms with Crippen LogP contribution < -0.4 is 0 Å². The number of aromatic amines is 1. The fraction of sp³-hybridized carbons (Fsp3) is 0.500. The zero-order valence-corrected chi connectivity index (χ0v) is 12.8. The molecular formula is C18H21N3O. The van der Waals surface area contributed by atoms with Crippen LogP contribution in [0.15, 0.2) is 24.3 Å². The van der Waals surface area contributed by atoms with Gasteiger partial charge >= 0.3 is 0 Å². The largest absolute Gasteiger partial charge is 0.368 e. The number of benzene rings is 1. The number of hydrogen-bond acceptors (Lipinski definition) is 3. The van der Waals surface area contributed by atoms with Crippen molar-refractivity contribution in [2.75, 3.05) is 26.2 Å². The zero-order chi connectivity index (χ0) is 15.0. The first-order valence-corrected chi connectivity index (χ1v) is 8.16. The lowest BCUT2D eigenvalue weighted by molar-refractivity contribution is -0.0998. The standard InChI is InChI=1S/C18H21N3O/c19-9-3-10-21-11-7-18(8-12-21)17-15(6-13-22-18)14-4-1-2-5-16(14)20-17/h1-2,4-5,20H,3,6-8,10-13H2. The number of hydrogen-bond donors (Lipinski definition) is 1. The first-order chi connectivity index (χ1) is 10.8. The number of ether oxygens (including phenoxy) is 1. The number of rotatable bonds is 2. The minimum atomic E-state index is -0.143. The summed E-state index contributed by atoms with van der Waals surface area (Å²) >= 11 is 0. The molecule has 2 aliphatic heterocycles. The van der Waals surface area contributed by atoms with E-state index < -0.39 is 0 Å². The van der Waals surface area contributed by atoms with Gasteiger partial charge in [0.2, 0.25) is 0 Å². The Bertz CT molecular complexity index is 719. The molecule has 3 heterocycles. The van der Waals surface area contributed by atoms with E-state index >= 15 is 0 Å². The van der Waals surface area contributed by atoms with Crippen LogP contribution in [0.25, 0.3) is 10.9 Å². The van der Waals surface area contributed by atoms with Gasteiger partial charge in [0.25, 0.3) is 0 Å². The SMILES string of the molecule is N#CCCN1CCC2(CC1)OCCc1c2[nH]c2ccccc12. The van der Waals surface area contributed by atoms with Crippen molar-refractivity contribution >= 4 is 10.9 Å². The van der Waals surface area contributed by atoms with Crippen molar-refractivity contribution in [1.29, 1.82) is 5.26 Å². The van der Waals surface area contributed by atoms with Gasteiger partial charge in [-0.3, -0.25) is 0 Å². The van der Waals surface area contributed by atoms with Crippen molar-refractivity contribution in [3.05, 3.63) is 35.5 Å². The first-order valence-electron chi connectivity index (χ1n) is 8.16. The van der Waals surface area contributed by atoms with Gasteiger partial charge in [0.1, 0.15) is 5.60 Å². The molecule has 0 saturated carbocycles. The third kappa shape index (κ3) is 2.13. The maximum Gasteiger partial charge on any atom is 0.110 e. The number of para-hydroxylation sites is 1. The predicted octanol–water partition coefficient (Wildman–Crippen LogP) is 2.95. The van der Waals surface area contributed by atoms with Gasteiger partial charge < -0.3 is 14.6 Å². The normalized spacial score (nSPS) is 20.9. The van der Waals surface area contributed by atoms with E-state index in [0.717, 1.165) is 45.5 Å². The Morgan fingerprint density at radius 3 is 2.91 bits per heavy atom. The highest BCUT2D eigenvalue weighted by molar-refractivity contribution is 5.85. The van der Waals surface area contributed by atoms with Gasteiger partial charge in [-0.05, 0) is 30.9 Å². The van der Waals surface area contributed by atoms with E-state index in [-0.39, 0.29) is 5.60 Å². The fourth-order valence-corrected chi connectivity index (χ4v) is 4.01. The van der Waals surface area contributed by atoms with Gasteiger partial charge in [0.15, 0.2) is 0 Å². The van der Waals surface area contributed by atoms with Crippen LogP contribution >= 0.6 is 0 Å². The minimum absolute atomic E-state index is 0.143. The van der Waals surface area contributed by atoms with Gasteiger partial charge in [-0.25, -0.2) is 0 Å². The Balaban J connectivity index is 1.64. The smallest absolute Gasteiger partial charge is 0.110 e. The Morgan fingerprint density at radius 2 is 2.09 bits per heavy atom. The summed E-state index contributed by atoms with van der Waals surface area (Å²) in [5.74, 6) is 0. The topological polar surface area (TPSA) is 52.1 Å². The first kappa shape index (κ1) is 13.8. The molecule has 0 aliphatic carbocycles. The number of likely N-dealkylation sites (tertiary alicyclic amines) is 1. The molecule has 1 N–H and O–H groups in total. The van der Waals surface area contributed by atoms with Crippen LogP contribution in [0.5, 0.6) is 0 Å². The number of H-pyrrole nitrogens is 1. The number of aromatic nitrogens is 1. The molecule has 4 nitrogen and oxygen atoms in total. The molecule has 1 aromatic carbocycles. The summed E-state index contributed by atoms with van der Waals surface area (Å²) < 4.78 is 6.29. The molecule has 2 aromatic rings. The molecule has 0 amide bonds. The molecule has 0 radical (unpaired) electrons. The number of piperidine rings is 1. The fourth-order valence-electron chi connectivity index (χ4n) is 4.01. The Labute approximate surface area is 130 Å². The summed E-state index contributed by atoms with van der Waals surface area (Å²) in [6, 6.07) is 10.8. The lowest BCUT2D eigenvalue weighted by Gasteiger charge is -2.43. The lowest BCUT2D eigenvalue weighted by Crippen LogP contribution is -2.46. The average Bonchev–Trinajstić information content (AvgIpc) is 2.95. The number of nitrogens with one attached hydrogen (secondary N) is 1. The van der Waals surface area contributed by atoms with Crippen molar-refractivity contribution in [2.45, 2.75) is 31.3 Å². The van der Waals surface area contributed by atoms with Crippen LogP contribution in [-0.2, 0) is 16.8 Å².